The molecule has 0 N–H and O–H groups in total. The van der Waals surface area contributed by atoms with E-state index in [1.165, 1.54) is 167 Å². The molecule has 6 heteroatoms. The van der Waals surface area contributed by atoms with Crippen LogP contribution in [0.5, 0.6) is 0 Å². The minimum atomic E-state index is -0.759. The van der Waals surface area contributed by atoms with Crippen LogP contribution in [-0.2, 0) is 28.6 Å². The predicted molar refractivity (Wildman–Crippen MR) is 233 cm³/mol. The molecular weight excluding hydrogens is 685 g/mol. The highest BCUT2D eigenvalue weighted by Gasteiger charge is 2.19. The highest BCUT2D eigenvalue weighted by Crippen LogP contribution is 2.16. The molecule has 0 saturated heterocycles. The molecule has 55 heavy (non-hydrogen) atoms. The fourth-order valence-corrected chi connectivity index (χ4v) is 7.33. The van der Waals surface area contributed by atoms with Gasteiger partial charge in [0.1, 0.15) is 13.2 Å². The van der Waals surface area contributed by atoms with Crippen molar-refractivity contribution in [3.63, 3.8) is 0 Å². The molecule has 0 aliphatic heterocycles. The molecule has 6 nitrogen and oxygen atoms in total. The van der Waals surface area contributed by atoms with E-state index in [1.807, 2.05) is 0 Å². The molecule has 0 aliphatic carbocycles. The Hall–Kier alpha value is -1.59. The van der Waals surface area contributed by atoms with Crippen LogP contribution in [0.4, 0.5) is 0 Å². The fraction of sp³-hybridized carbons (Fsp3) is 0.939. The van der Waals surface area contributed by atoms with E-state index in [4.69, 9.17) is 14.2 Å². The van der Waals surface area contributed by atoms with E-state index in [0.717, 1.165) is 63.7 Å². The van der Waals surface area contributed by atoms with Gasteiger partial charge < -0.3 is 14.2 Å². The van der Waals surface area contributed by atoms with Gasteiger partial charge in [-0.15, -0.1) is 0 Å². The van der Waals surface area contributed by atoms with Crippen molar-refractivity contribution in [1.29, 1.82) is 0 Å². The Morgan fingerprint density at radius 3 is 0.891 bits per heavy atom. The van der Waals surface area contributed by atoms with E-state index in [2.05, 4.69) is 27.7 Å². The first-order valence-electron chi connectivity index (χ1n) is 24.4. The Kier molecular flexibility index (Phi) is 42.3. The van der Waals surface area contributed by atoms with Gasteiger partial charge >= 0.3 is 17.9 Å². The van der Waals surface area contributed by atoms with Crippen LogP contribution in [0.1, 0.15) is 272 Å². The van der Waals surface area contributed by atoms with Crippen molar-refractivity contribution >= 4 is 17.9 Å². The van der Waals surface area contributed by atoms with E-state index in [-0.39, 0.29) is 31.1 Å². The van der Waals surface area contributed by atoms with Crippen LogP contribution in [-0.4, -0.2) is 37.2 Å². The molecule has 0 spiro atoms. The quantitative estimate of drug-likeness (QED) is 0.0348. The Morgan fingerprint density at radius 2 is 0.600 bits per heavy atom. The summed E-state index contributed by atoms with van der Waals surface area (Å²) in [6, 6.07) is 0. The maximum absolute atomic E-state index is 12.7. The smallest absolute Gasteiger partial charge is 0.306 e. The van der Waals surface area contributed by atoms with Crippen LogP contribution in [0, 0.1) is 5.92 Å². The molecule has 1 atom stereocenters. The van der Waals surface area contributed by atoms with Crippen molar-refractivity contribution in [2.45, 2.75) is 278 Å². The van der Waals surface area contributed by atoms with Gasteiger partial charge in [-0.2, -0.15) is 0 Å². The minimum Gasteiger partial charge on any atom is -0.462 e. The van der Waals surface area contributed by atoms with Crippen molar-refractivity contribution in [1.82, 2.24) is 0 Å². The van der Waals surface area contributed by atoms with Gasteiger partial charge in [0.05, 0.1) is 0 Å². The Balaban J connectivity index is 4.29. The van der Waals surface area contributed by atoms with E-state index in [0.29, 0.717) is 19.3 Å². The first kappa shape index (κ1) is 53.4. The molecule has 0 saturated carbocycles. The maximum atomic E-state index is 12.7. The summed E-state index contributed by atoms with van der Waals surface area (Å²) in [7, 11) is 0. The Bertz CT molecular complexity index is 826. The van der Waals surface area contributed by atoms with Gasteiger partial charge in [-0.3, -0.25) is 14.4 Å². The average molecular weight is 779 g/mol. The van der Waals surface area contributed by atoms with Gasteiger partial charge in [-0.25, -0.2) is 0 Å². The number of hydrogen-bond acceptors (Lipinski definition) is 6. The largest absolute Gasteiger partial charge is 0.462 e. The number of ether oxygens (including phenoxy) is 3. The normalized spacial score (nSPS) is 11.9. The summed E-state index contributed by atoms with van der Waals surface area (Å²) >= 11 is 0. The van der Waals surface area contributed by atoms with Crippen LogP contribution in [0.15, 0.2) is 0 Å². The van der Waals surface area contributed by atoms with Crippen molar-refractivity contribution in [2.75, 3.05) is 13.2 Å². The molecule has 0 amide bonds. The molecular formula is C49H94O6. The third-order valence-corrected chi connectivity index (χ3v) is 11.0. The summed E-state index contributed by atoms with van der Waals surface area (Å²) in [6.45, 7) is 8.97. The van der Waals surface area contributed by atoms with Gasteiger partial charge in [-0.1, -0.05) is 233 Å². The summed E-state index contributed by atoms with van der Waals surface area (Å²) in [5, 5.41) is 0. The van der Waals surface area contributed by atoms with E-state index < -0.39 is 6.10 Å². The second-order valence-corrected chi connectivity index (χ2v) is 17.2. The van der Waals surface area contributed by atoms with Crippen molar-refractivity contribution in [3.05, 3.63) is 0 Å². The topological polar surface area (TPSA) is 78.9 Å². The fourth-order valence-electron chi connectivity index (χ4n) is 7.33. The number of carbonyl (C=O) groups excluding carboxylic acids is 3. The molecule has 326 valence electrons. The Labute approximate surface area is 342 Å². The number of unbranched alkanes of at least 4 members (excludes halogenated alkanes) is 31. The lowest BCUT2D eigenvalue weighted by Gasteiger charge is -2.18. The summed E-state index contributed by atoms with van der Waals surface area (Å²) in [4.78, 5) is 37.8. The zero-order valence-electron chi connectivity index (χ0n) is 37.4. The summed E-state index contributed by atoms with van der Waals surface area (Å²) in [5.74, 6) is -0.0546. The molecule has 0 bridgehead atoms. The zero-order valence-corrected chi connectivity index (χ0v) is 37.4. The average Bonchev–Trinajstić information content (AvgIpc) is 3.17. The van der Waals surface area contributed by atoms with Crippen molar-refractivity contribution < 1.29 is 28.6 Å². The highest BCUT2D eigenvalue weighted by molar-refractivity contribution is 5.71. The zero-order chi connectivity index (χ0) is 40.3. The van der Waals surface area contributed by atoms with Crippen molar-refractivity contribution in [3.8, 4) is 0 Å². The van der Waals surface area contributed by atoms with Crippen LogP contribution in [0.2, 0.25) is 0 Å². The van der Waals surface area contributed by atoms with Gasteiger partial charge in [0.25, 0.3) is 0 Å². The number of hydrogen-bond donors (Lipinski definition) is 0. The molecule has 0 aromatic carbocycles. The summed E-state index contributed by atoms with van der Waals surface area (Å²) < 4.78 is 16.7. The monoisotopic (exact) mass is 779 g/mol. The first-order chi connectivity index (χ1) is 26.9. The van der Waals surface area contributed by atoms with Gasteiger partial charge in [-0.05, 0) is 25.2 Å². The third-order valence-electron chi connectivity index (χ3n) is 11.0. The lowest BCUT2D eigenvalue weighted by atomic mass is 10.0. The number of esters is 3. The third kappa shape index (κ3) is 43.4. The molecule has 0 rings (SSSR count). The lowest BCUT2D eigenvalue weighted by molar-refractivity contribution is -0.167. The second-order valence-electron chi connectivity index (χ2n) is 17.2. The lowest BCUT2D eigenvalue weighted by Crippen LogP contribution is -2.30. The summed E-state index contributed by atoms with van der Waals surface area (Å²) in [6.07, 6.45) is 43.7. The van der Waals surface area contributed by atoms with Crippen LogP contribution < -0.4 is 0 Å². The number of rotatable bonds is 44. The maximum Gasteiger partial charge on any atom is 0.306 e. The molecule has 0 aromatic rings. The predicted octanol–water partition coefficient (Wildman–Crippen LogP) is 15.5. The molecule has 0 heterocycles. The first-order valence-corrected chi connectivity index (χ1v) is 24.4. The number of carbonyl (C=O) groups is 3. The molecule has 0 aromatic heterocycles. The standard InChI is InChI=1S/C49H94O6/c1-5-7-9-11-13-15-17-18-19-20-22-23-28-32-36-40-47(50)53-43-46(55-49(52)42-38-34-30-24-21-16-14-12-10-8-6-2)44-54-48(51)41-37-33-29-26-25-27-31-35-39-45(3)4/h45-46H,5-44H2,1-4H3/t46-/m1/s1. The molecule has 0 aliphatic rings. The van der Waals surface area contributed by atoms with E-state index in [1.54, 1.807) is 0 Å². The van der Waals surface area contributed by atoms with Gasteiger partial charge in [0, 0.05) is 19.3 Å². The summed E-state index contributed by atoms with van der Waals surface area (Å²) in [5.41, 5.74) is 0. The highest BCUT2D eigenvalue weighted by atomic mass is 16.6. The SMILES string of the molecule is CCCCCCCCCCCCCCCCCC(=O)OC[C@H](COC(=O)CCCCCCCCCCC(C)C)OC(=O)CCCCCCCCCCCCC. The molecule has 0 unspecified atom stereocenters. The minimum absolute atomic E-state index is 0.0635. The van der Waals surface area contributed by atoms with Crippen LogP contribution in [0.25, 0.3) is 0 Å². The van der Waals surface area contributed by atoms with Gasteiger partial charge in [0.2, 0.25) is 0 Å². The van der Waals surface area contributed by atoms with Crippen LogP contribution >= 0.6 is 0 Å². The van der Waals surface area contributed by atoms with Gasteiger partial charge in [0.15, 0.2) is 6.10 Å². The van der Waals surface area contributed by atoms with E-state index in [9.17, 15) is 14.4 Å². The van der Waals surface area contributed by atoms with Crippen LogP contribution in [0.3, 0.4) is 0 Å². The van der Waals surface area contributed by atoms with E-state index >= 15 is 0 Å². The molecule has 0 fully saturated rings. The van der Waals surface area contributed by atoms with Crippen molar-refractivity contribution in [2.24, 2.45) is 5.92 Å². The second kappa shape index (κ2) is 43.5. The molecule has 0 radical (unpaired) electrons. The Morgan fingerprint density at radius 1 is 0.345 bits per heavy atom.